The van der Waals surface area contributed by atoms with Crippen LogP contribution >= 0.6 is 12.4 Å². The maximum Gasteiger partial charge on any atom is 0.261 e. The summed E-state index contributed by atoms with van der Waals surface area (Å²) in [6.07, 6.45) is 3.91. The number of carbonyl (C=O) groups excluding carboxylic acids is 1. The van der Waals surface area contributed by atoms with Gasteiger partial charge in [-0.25, -0.2) is 0 Å². The molecule has 116 valence electrons. The molecule has 5 heteroatoms. The highest BCUT2D eigenvalue weighted by Crippen LogP contribution is 2.28. The molecule has 2 heterocycles. The van der Waals surface area contributed by atoms with E-state index in [0.717, 1.165) is 37.4 Å². The van der Waals surface area contributed by atoms with Crippen LogP contribution in [0.4, 0.5) is 0 Å². The molecule has 0 bridgehead atoms. The van der Waals surface area contributed by atoms with Crippen molar-refractivity contribution in [2.45, 2.75) is 31.8 Å². The SMILES string of the molecule is Cl.O=C(NCCC1CCCNC1)C1Cc2ccccc2O1. The molecule has 4 nitrogen and oxygen atoms in total. The number of hydrogen-bond donors (Lipinski definition) is 2. The van der Waals surface area contributed by atoms with E-state index in [1.165, 1.54) is 12.8 Å². The van der Waals surface area contributed by atoms with Gasteiger partial charge in [-0.1, -0.05) is 18.2 Å². The number of carbonyl (C=O) groups is 1. The predicted molar refractivity (Wildman–Crippen MR) is 85.0 cm³/mol. The van der Waals surface area contributed by atoms with Gasteiger partial charge in [0.2, 0.25) is 0 Å². The number of piperidine rings is 1. The predicted octanol–water partition coefficient (Wildman–Crippen LogP) is 1.92. The van der Waals surface area contributed by atoms with Crippen LogP contribution in [0.15, 0.2) is 24.3 Å². The van der Waals surface area contributed by atoms with Crippen molar-refractivity contribution in [1.82, 2.24) is 10.6 Å². The van der Waals surface area contributed by atoms with Crippen molar-refractivity contribution in [2.75, 3.05) is 19.6 Å². The Morgan fingerprint density at radius 1 is 1.38 bits per heavy atom. The van der Waals surface area contributed by atoms with Crippen LogP contribution in [0.5, 0.6) is 5.75 Å². The van der Waals surface area contributed by atoms with Crippen LogP contribution in [0.25, 0.3) is 0 Å². The highest BCUT2D eigenvalue weighted by Gasteiger charge is 2.28. The minimum Gasteiger partial charge on any atom is -0.480 e. The van der Waals surface area contributed by atoms with E-state index in [-0.39, 0.29) is 24.4 Å². The second kappa shape index (κ2) is 7.66. The maximum atomic E-state index is 12.1. The smallest absolute Gasteiger partial charge is 0.261 e. The third-order valence-electron chi connectivity index (χ3n) is 4.19. The van der Waals surface area contributed by atoms with Crippen molar-refractivity contribution >= 4 is 18.3 Å². The molecule has 1 saturated heterocycles. The molecule has 0 spiro atoms. The normalized spacial score (nSPS) is 23.6. The van der Waals surface area contributed by atoms with Crippen LogP contribution in [0, 0.1) is 5.92 Å². The van der Waals surface area contributed by atoms with Gasteiger partial charge in [0.1, 0.15) is 5.75 Å². The van der Waals surface area contributed by atoms with Crippen molar-refractivity contribution in [3.8, 4) is 5.75 Å². The average molecular weight is 311 g/mol. The molecular formula is C16H23ClN2O2. The van der Waals surface area contributed by atoms with E-state index in [1.54, 1.807) is 0 Å². The van der Waals surface area contributed by atoms with Crippen LogP contribution in [0.2, 0.25) is 0 Å². The molecule has 2 aliphatic heterocycles. The van der Waals surface area contributed by atoms with Gasteiger partial charge < -0.3 is 15.4 Å². The Hall–Kier alpha value is -1.26. The Morgan fingerprint density at radius 2 is 2.24 bits per heavy atom. The zero-order valence-electron chi connectivity index (χ0n) is 12.1. The van der Waals surface area contributed by atoms with Crippen LogP contribution in [-0.4, -0.2) is 31.6 Å². The number of hydrogen-bond acceptors (Lipinski definition) is 3. The molecule has 1 aromatic rings. The number of nitrogens with one attached hydrogen (secondary N) is 2. The second-order valence-electron chi connectivity index (χ2n) is 5.71. The van der Waals surface area contributed by atoms with Crippen molar-refractivity contribution < 1.29 is 9.53 Å². The Balaban J connectivity index is 0.00000161. The maximum absolute atomic E-state index is 12.1. The number of halogens is 1. The lowest BCUT2D eigenvalue weighted by molar-refractivity contribution is -0.127. The summed E-state index contributed by atoms with van der Waals surface area (Å²) in [7, 11) is 0. The van der Waals surface area contributed by atoms with Crippen molar-refractivity contribution in [2.24, 2.45) is 5.92 Å². The summed E-state index contributed by atoms with van der Waals surface area (Å²) in [5, 5.41) is 6.42. The van der Waals surface area contributed by atoms with Crippen molar-refractivity contribution in [1.29, 1.82) is 0 Å². The first-order chi connectivity index (χ1) is 9.83. The highest BCUT2D eigenvalue weighted by atomic mass is 35.5. The summed E-state index contributed by atoms with van der Waals surface area (Å²) >= 11 is 0. The Morgan fingerprint density at radius 3 is 3.00 bits per heavy atom. The van der Waals surface area contributed by atoms with Crippen LogP contribution in [-0.2, 0) is 11.2 Å². The molecule has 21 heavy (non-hydrogen) atoms. The number of rotatable bonds is 4. The lowest BCUT2D eigenvalue weighted by atomic mass is 9.96. The first-order valence-electron chi connectivity index (χ1n) is 7.56. The first kappa shape index (κ1) is 16.1. The fourth-order valence-corrected chi connectivity index (χ4v) is 3.01. The molecular weight excluding hydrogens is 288 g/mol. The summed E-state index contributed by atoms with van der Waals surface area (Å²) in [5.41, 5.74) is 1.13. The average Bonchev–Trinajstić information content (AvgIpc) is 2.92. The second-order valence-corrected chi connectivity index (χ2v) is 5.71. The fourth-order valence-electron chi connectivity index (χ4n) is 3.01. The summed E-state index contributed by atoms with van der Waals surface area (Å²) in [6, 6.07) is 7.88. The first-order valence-corrected chi connectivity index (χ1v) is 7.56. The van der Waals surface area contributed by atoms with Gasteiger partial charge in [0.05, 0.1) is 0 Å². The van der Waals surface area contributed by atoms with Gasteiger partial charge in [-0.15, -0.1) is 12.4 Å². The van der Waals surface area contributed by atoms with Gasteiger partial charge in [0.15, 0.2) is 6.10 Å². The number of benzene rings is 1. The van der Waals surface area contributed by atoms with E-state index in [1.807, 2.05) is 24.3 Å². The summed E-state index contributed by atoms with van der Waals surface area (Å²) < 4.78 is 5.69. The third-order valence-corrected chi connectivity index (χ3v) is 4.19. The van der Waals surface area contributed by atoms with Gasteiger partial charge in [-0.2, -0.15) is 0 Å². The topological polar surface area (TPSA) is 50.4 Å². The van der Waals surface area contributed by atoms with E-state index in [0.29, 0.717) is 12.3 Å². The standard InChI is InChI=1S/C16H22N2O2.ClH/c19-16(18-9-7-12-4-3-8-17-11-12)15-10-13-5-1-2-6-14(13)20-15;/h1-2,5-6,12,15,17H,3-4,7-11H2,(H,18,19);1H. The Bertz CT molecular complexity index is 450. The van der Waals surface area contributed by atoms with Crippen molar-refractivity contribution in [3.63, 3.8) is 0 Å². The van der Waals surface area contributed by atoms with Gasteiger partial charge in [0.25, 0.3) is 5.91 Å². The molecule has 0 saturated carbocycles. The molecule has 0 radical (unpaired) electrons. The van der Waals surface area contributed by atoms with Crippen molar-refractivity contribution in [3.05, 3.63) is 29.8 Å². The minimum atomic E-state index is -0.350. The monoisotopic (exact) mass is 310 g/mol. The number of amides is 1. The third kappa shape index (κ3) is 4.11. The molecule has 2 unspecified atom stereocenters. The fraction of sp³-hybridized carbons (Fsp3) is 0.562. The molecule has 3 rings (SSSR count). The lowest BCUT2D eigenvalue weighted by Gasteiger charge is -2.22. The van der Waals surface area contributed by atoms with E-state index in [9.17, 15) is 4.79 Å². The number of para-hydroxylation sites is 1. The van der Waals surface area contributed by atoms with E-state index in [2.05, 4.69) is 10.6 Å². The number of ether oxygens (including phenoxy) is 1. The molecule has 2 atom stereocenters. The molecule has 1 aromatic carbocycles. The number of fused-ring (bicyclic) bond motifs is 1. The largest absolute Gasteiger partial charge is 0.480 e. The van der Waals surface area contributed by atoms with Crippen LogP contribution in [0.1, 0.15) is 24.8 Å². The summed E-state index contributed by atoms with van der Waals surface area (Å²) in [4.78, 5) is 12.1. The summed E-state index contributed by atoms with van der Waals surface area (Å²) in [5.74, 6) is 1.57. The minimum absolute atomic E-state index is 0. The molecule has 2 N–H and O–H groups in total. The van der Waals surface area contributed by atoms with Crippen LogP contribution < -0.4 is 15.4 Å². The Labute approximate surface area is 132 Å². The van der Waals surface area contributed by atoms with Crippen LogP contribution in [0.3, 0.4) is 0 Å². The highest BCUT2D eigenvalue weighted by molar-refractivity contribution is 5.85. The van der Waals surface area contributed by atoms with Gasteiger partial charge in [-0.3, -0.25) is 4.79 Å². The zero-order chi connectivity index (χ0) is 13.8. The van der Waals surface area contributed by atoms with Gasteiger partial charge >= 0.3 is 0 Å². The quantitative estimate of drug-likeness (QED) is 0.893. The Kier molecular flexibility index (Phi) is 5.88. The molecule has 0 aromatic heterocycles. The van der Waals surface area contributed by atoms with E-state index < -0.39 is 0 Å². The van der Waals surface area contributed by atoms with E-state index >= 15 is 0 Å². The lowest BCUT2D eigenvalue weighted by Crippen LogP contribution is -2.39. The van der Waals surface area contributed by atoms with Gasteiger partial charge in [0, 0.05) is 13.0 Å². The molecule has 1 amide bonds. The summed E-state index contributed by atoms with van der Waals surface area (Å²) in [6.45, 7) is 2.97. The molecule has 2 aliphatic rings. The van der Waals surface area contributed by atoms with E-state index in [4.69, 9.17) is 4.74 Å². The zero-order valence-corrected chi connectivity index (χ0v) is 13.0. The molecule has 0 aliphatic carbocycles. The molecule has 1 fully saturated rings. The van der Waals surface area contributed by atoms with Gasteiger partial charge in [-0.05, 0) is 49.9 Å².